The van der Waals surface area contributed by atoms with Gasteiger partial charge in [0.05, 0.1) is 10.6 Å². The van der Waals surface area contributed by atoms with Gasteiger partial charge in [-0.25, -0.2) is 4.98 Å². The number of nitro groups is 1. The molecule has 0 spiro atoms. The molecule has 2 heterocycles. The van der Waals surface area contributed by atoms with Gasteiger partial charge in [-0.15, -0.1) is 5.10 Å². The van der Waals surface area contributed by atoms with Crippen LogP contribution >= 0.6 is 11.6 Å². The number of nitrogens with zero attached hydrogens (tertiary/aromatic N) is 5. The summed E-state index contributed by atoms with van der Waals surface area (Å²) in [7, 11) is 0. The van der Waals surface area contributed by atoms with Gasteiger partial charge in [-0.3, -0.25) is 10.1 Å². The molecule has 0 bridgehead atoms. The third-order valence-corrected chi connectivity index (χ3v) is 4.03. The van der Waals surface area contributed by atoms with Crippen LogP contribution in [0.4, 0.5) is 10.1 Å². The van der Waals surface area contributed by atoms with Crippen molar-refractivity contribution in [3.63, 3.8) is 0 Å². The minimum absolute atomic E-state index is 0.319. The first-order chi connectivity index (χ1) is 12.5. The normalized spacial score (nSPS) is 11.0. The second kappa shape index (κ2) is 6.16. The van der Waals surface area contributed by atoms with E-state index in [4.69, 9.17) is 11.6 Å². The smallest absolute Gasteiger partial charge is 0.258 e. The quantitative estimate of drug-likeness (QED) is 0.400. The third-order valence-electron chi connectivity index (χ3n) is 3.78. The third kappa shape index (κ3) is 2.76. The molecule has 0 fully saturated rings. The zero-order valence-electron chi connectivity index (χ0n) is 13.0. The van der Waals surface area contributed by atoms with Crippen molar-refractivity contribution < 1.29 is 9.31 Å². The van der Waals surface area contributed by atoms with E-state index in [0.29, 0.717) is 27.9 Å². The summed E-state index contributed by atoms with van der Waals surface area (Å²) in [5, 5.41) is 16.0. The van der Waals surface area contributed by atoms with Gasteiger partial charge in [0, 0.05) is 28.4 Å². The van der Waals surface area contributed by atoms with Crippen LogP contribution in [0.1, 0.15) is 0 Å². The second-order valence-corrected chi connectivity index (χ2v) is 5.84. The van der Waals surface area contributed by atoms with Gasteiger partial charge in [-0.2, -0.15) is 13.9 Å². The number of aromatic nitrogens is 4. The Morgan fingerprint density at radius 2 is 1.81 bits per heavy atom. The van der Waals surface area contributed by atoms with Crippen molar-refractivity contribution in [3.05, 3.63) is 75.7 Å². The molecule has 0 radical (unpaired) electrons. The fraction of sp³-hybridized carbons (Fsp3) is 0. The largest absolute Gasteiger partial charge is 0.305 e. The number of halogens is 2. The number of benzene rings is 2. The highest BCUT2D eigenvalue weighted by molar-refractivity contribution is 6.30. The standard InChI is InChI=1S/C17H9ClFN5O2/c18-12-4-1-10(2-5-12)16-21-17-20-8-7-14(23(17)22-16)11-3-6-13(19)15(9-11)24(25)26/h1-9H. The maximum absolute atomic E-state index is 13.6. The molecule has 9 heteroatoms. The predicted octanol–water partition coefficient (Wildman–Crippen LogP) is 4.16. The number of fused-ring (bicyclic) bond motifs is 1. The Labute approximate surface area is 150 Å². The van der Waals surface area contributed by atoms with Crippen LogP contribution in [0.15, 0.2) is 54.7 Å². The molecule has 0 N–H and O–H groups in total. The van der Waals surface area contributed by atoms with Gasteiger partial charge < -0.3 is 0 Å². The maximum Gasteiger partial charge on any atom is 0.305 e. The molecule has 128 valence electrons. The number of rotatable bonds is 3. The van der Waals surface area contributed by atoms with Crippen LogP contribution in [-0.2, 0) is 0 Å². The monoisotopic (exact) mass is 369 g/mol. The molecule has 4 rings (SSSR count). The summed E-state index contributed by atoms with van der Waals surface area (Å²) >= 11 is 5.89. The zero-order valence-corrected chi connectivity index (χ0v) is 13.8. The lowest BCUT2D eigenvalue weighted by atomic mass is 10.1. The molecule has 0 aliphatic rings. The molecule has 2 aromatic carbocycles. The molecule has 0 atom stereocenters. The first-order valence-corrected chi connectivity index (χ1v) is 7.83. The topological polar surface area (TPSA) is 86.2 Å². The lowest BCUT2D eigenvalue weighted by molar-refractivity contribution is -0.387. The van der Waals surface area contributed by atoms with E-state index in [1.807, 2.05) is 0 Å². The van der Waals surface area contributed by atoms with Crippen LogP contribution in [-0.4, -0.2) is 24.5 Å². The van der Waals surface area contributed by atoms with Gasteiger partial charge >= 0.3 is 5.69 Å². The lowest BCUT2D eigenvalue weighted by Gasteiger charge is -2.04. The molecule has 0 unspecified atom stereocenters. The molecule has 0 saturated heterocycles. The zero-order chi connectivity index (χ0) is 18.3. The summed E-state index contributed by atoms with van der Waals surface area (Å²) in [5.41, 5.74) is 1.07. The minimum atomic E-state index is -0.899. The summed E-state index contributed by atoms with van der Waals surface area (Å²) in [4.78, 5) is 18.8. The van der Waals surface area contributed by atoms with Crippen LogP contribution in [0, 0.1) is 15.9 Å². The fourth-order valence-corrected chi connectivity index (χ4v) is 2.67. The van der Waals surface area contributed by atoms with Crippen LogP contribution < -0.4 is 0 Å². The highest BCUT2D eigenvalue weighted by Gasteiger charge is 2.17. The van der Waals surface area contributed by atoms with Crippen molar-refractivity contribution >= 4 is 23.1 Å². The molecular weight excluding hydrogens is 361 g/mol. The summed E-state index contributed by atoms with van der Waals surface area (Å²) in [6.07, 6.45) is 1.51. The van der Waals surface area contributed by atoms with Crippen LogP contribution in [0.3, 0.4) is 0 Å². The van der Waals surface area contributed by atoms with E-state index in [-0.39, 0.29) is 0 Å². The molecule has 2 aromatic heterocycles. The Kier molecular flexibility index (Phi) is 3.81. The van der Waals surface area contributed by atoms with Gasteiger partial charge in [-0.05, 0) is 42.5 Å². The molecule has 26 heavy (non-hydrogen) atoms. The first-order valence-electron chi connectivity index (χ1n) is 7.45. The number of hydrogen-bond donors (Lipinski definition) is 0. The average Bonchev–Trinajstić information content (AvgIpc) is 3.06. The summed E-state index contributed by atoms with van der Waals surface area (Å²) < 4.78 is 15.1. The van der Waals surface area contributed by atoms with Gasteiger partial charge in [0.25, 0.3) is 5.78 Å². The Bertz CT molecular complexity index is 1140. The molecule has 7 nitrogen and oxygen atoms in total. The van der Waals surface area contributed by atoms with Crippen molar-refractivity contribution in [1.82, 2.24) is 19.6 Å². The molecular formula is C17H9ClFN5O2. The van der Waals surface area contributed by atoms with E-state index < -0.39 is 16.4 Å². The molecule has 0 aliphatic carbocycles. The van der Waals surface area contributed by atoms with E-state index >= 15 is 0 Å². The van der Waals surface area contributed by atoms with Crippen molar-refractivity contribution in [2.45, 2.75) is 0 Å². The van der Waals surface area contributed by atoms with Gasteiger partial charge in [0.2, 0.25) is 5.82 Å². The van der Waals surface area contributed by atoms with Crippen LogP contribution in [0.2, 0.25) is 5.02 Å². The van der Waals surface area contributed by atoms with E-state index in [2.05, 4.69) is 15.1 Å². The van der Waals surface area contributed by atoms with Crippen molar-refractivity contribution in [3.8, 4) is 22.6 Å². The number of hydrogen-bond acceptors (Lipinski definition) is 5. The van der Waals surface area contributed by atoms with Crippen LogP contribution in [0.5, 0.6) is 0 Å². The molecule has 0 amide bonds. The Hall–Kier alpha value is -3.39. The van der Waals surface area contributed by atoms with Crippen molar-refractivity contribution in [2.75, 3.05) is 0 Å². The van der Waals surface area contributed by atoms with Crippen molar-refractivity contribution in [1.29, 1.82) is 0 Å². The van der Waals surface area contributed by atoms with Gasteiger partial charge in [-0.1, -0.05) is 11.6 Å². The maximum atomic E-state index is 13.6. The van der Waals surface area contributed by atoms with E-state index in [1.165, 1.54) is 16.8 Å². The fourth-order valence-electron chi connectivity index (χ4n) is 2.55. The summed E-state index contributed by atoms with van der Waals surface area (Å²) in [6.45, 7) is 0. The van der Waals surface area contributed by atoms with E-state index in [9.17, 15) is 14.5 Å². The highest BCUT2D eigenvalue weighted by atomic mass is 35.5. The summed E-state index contributed by atoms with van der Waals surface area (Å²) in [6, 6.07) is 12.3. The van der Waals surface area contributed by atoms with Gasteiger partial charge in [0.1, 0.15) is 0 Å². The van der Waals surface area contributed by atoms with E-state index in [1.54, 1.807) is 30.3 Å². The lowest BCUT2D eigenvalue weighted by Crippen LogP contribution is -1.98. The number of nitro benzene ring substituents is 1. The highest BCUT2D eigenvalue weighted by Crippen LogP contribution is 2.27. The molecule has 4 aromatic rings. The Morgan fingerprint density at radius 1 is 1.08 bits per heavy atom. The Morgan fingerprint density at radius 3 is 2.54 bits per heavy atom. The Balaban J connectivity index is 1.88. The molecule has 0 saturated carbocycles. The van der Waals surface area contributed by atoms with E-state index in [0.717, 1.165) is 17.7 Å². The second-order valence-electron chi connectivity index (χ2n) is 5.41. The SMILES string of the molecule is O=[N+]([O-])c1cc(-c2ccnc3nc(-c4ccc(Cl)cc4)nn23)ccc1F. The predicted molar refractivity (Wildman–Crippen MR) is 93.3 cm³/mol. The first kappa shape index (κ1) is 16.1. The minimum Gasteiger partial charge on any atom is -0.258 e. The van der Waals surface area contributed by atoms with Crippen molar-refractivity contribution in [2.24, 2.45) is 0 Å². The van der Waals surface area contributed by atoms with Crippen LogP contribution in [0.25, 0.3) is 28.4 Å². The summed E-state index contributed by atoms with van der Waals surface area (Å²) in [5.74, 6) is -0.151. The molecule has 0 aliphatic heterocycles. The average molecular weight is 370 g/mol. The van der Waals surface area contributed by atoms with Gasteiger partial charge in [0.15, 0.2) is 5.82 Å².